The van der Waals surface area contributed by atoms with Crippen LogP contribution in [-0.4, -0.2) is 62.4 Å². The second-order valence-electron chi connectivity index (χ2n) is 10.9. The third-order valence-corrected chi connectivity index (χ3v) is 13.7. The zero-order valence-corrected chi connectivity index (χ0v) is 26.3. The SMILES string of the molecule is CCCCO[Si](O)(CCCC)C(F)(F)C(C)(F)CCCCC(C)(F)C(F)(F)[Si](O)(CCCC)OCCCC. The standard InChI is InChI=1S/C26H52F6O4Si2/c1-7-11-19-35-37(33,21-13-9-3)25(29,30)23(5,27)17-15-16-18-24(6,28)26(31,32)38(34,22-14-10-4)36-20-12-8-2/h33-34H,7-22H2,1-6H3. The van der Waals surface area contributed by atoms with Gasteiger partial charge in [-0.3, -0.25) is 0 Å². The van der Waals surface area contributed by atoms with Gasteiger partial charge in [0.05, 0.1) is 0 Å². The first kappa shape index (κ1) is 37.9. The highest BCUT2D eigenvalue weighted by Crippen LogP contribution is 2.47. The summed E-state index contributed by atoms with van der Waals surface area (Å²) in [6, 6.07) is -0.652. The molecule has 0 bridgehead atoms. The van der Waals surface area contributed by atoms with Crippen LogP contribution in [0.4, 0.5) is 26.3 Å². The fourth-order valence-electron chi connectivity index (χ4n) is 4.29. The number of hydrogen-bond donors (Lipinski definition) is 2. The van der Waals surface area contributed by atoms with E-state index in [1.54, 1.807) is 13.8 Å². The molecule has 12 heteroatoms. The zero-order valence-electron chi connectivity index (χ0n) is 24.3. The zero-order chi connectivity index (χ0) is 29.7. The molecule has 0 aromatic carbocycles. The van der Waals surface area contributed by atoms with Crippen LogP contribution in [0, 0.1) is 0 Å². The molecular formula is C26H52F6O4Si2. The summed E-state index contributed by atoms with van der Waals surface area (Å²) in [7, 11) is -9.60. The van der Waals surface area contributed by atoms with E-state index in [9.17, 15) is 9.59 Å². The van der Waals surface area contributed by atoms with Gasteiger partial charge in [-0.2, -0.15) is 0 Å². The topological polar surface area (TPSA) is 58.9 Å². The molecule has 4 nitrogen and oxygen atoms in total. The van der Waals surface area contributed by atoms with Gasteiger partial charge in [0.2, 0.25) is 0 Å². The van der Waals surface area contributed by atoms with Crippen LogP contribution in [0.3, 0.4) is 0 Å². The minimum absolute atomic E-state index is 0.102. The van der Waals surface area contributed by atoms with E-state index in [0.29, 0.717) is 52.4 Å². The Bertz CT molecular complexity index is 603. The molecule has 38 heavy (non-hydrogen) atoms. The van der Waals surface area contributed by atoms with Crippen molar-refractivity contribution in [3.63, 3.8) is 0 Å². The van der Waals surface area contributed by atoms with Crippen LogP contribution in [0.5, 0.6) is 0 Å². The molecule has 230 valence electrons. The third-order valence-electron chi connectivity index (χ3n) is 7.25. The van der Waals surface area contributed by atoms with E-state index >= 15 is 26.3 Å². The largest absolute Gasteiger partial charge is 0.415 e. The second-order valence-corrected chi connectivity index (χ2v) is 16.9. The Labute approximate surface area is 228 Å². The number of halogens is 6. The second kappa shape index (κ2) is 16.3. The van der Waals surface area contributed by atoms with E-state index in [0.717, 1.165) is 0 Å². The number of unbranched alkanes of at least 4 members (excludes halogenated alkanes) is 5. The van der Waals surface area contributed by atoms with Gasteiger partial charge >= 0.3 is 28.2 Å². The number of rotatable bonds is 23. The Kier molecular flexibility index (Phi) is 16.3. The Morgan fingerprint density at radius 2 is 0.816 bits per heavy atom. The van der Waals surface area contributed by atoms with Crippen molar-refractivity contribution in [1.82, 2.24) is 0 Å². The minimum atomic E-state index is -4.80. The Morgan fingerprint density at radius 1 is 0.526 bits per heavy atom. The molecule has 0 rings (SSSR count). The van der Waals surface area contributed by atoms with Gasteiger partial charge in [-0.1, -0.05) is 66.2 Å². The smallest absolute Gasteiger partial charge is 0.407 e. The maximum absolute atomic E-state index is 15.4. The summed E-state index contributed by atoms with van der Waals surface area (Å²) in [4.78, 5) is 21.6. The van der Waals surface area contributed by atoms with Crippen molar-refractivity contribution in [3.8, 4) is 0 Å². The van der Waals surface area contributed by atoms with Crippen LogP contribution in [-0.2, 0) is 8.85 Å². The summed E-state index contributed by atoms with van der Waals surface area (Å²) in [5, 5.41) is 0. The molecule has 0 aromatic heterocycles. The highest BCUT2D eigenvalue weighted by molar-refractivity contribution is 6.69. The first-order valence-corrected chi connectivity index (χ1v) is 18.4. The summed E-state index contributed by atoms with van der Waals surface area (Å²) in [5.41, 5.74) is -14.6. The first-order valence-electron chi connectivity index (χ1n) is 14.3. The predicted molar refractivity (Wildman–Crippen MR) is 144 cm³/mol. The summed E-state index contributed by atoms with van der Waals surface area (Å²) in [6.07, 6.45) is 1.61. The van der Waals surface area contributed by atoms with E-state index in [1.807, 2.05) is 13.8 Å². The number of alkyl halides is 6. The van der Waals surface area contributed by atoms with Crippen LogP contribution in [0.15, 0.2) is 0 Å². The minimum Gasteiger partial charge on any atom is -0.407 e. The molecule has 0 aromatic rings. The fourth-order valence-corrected chi connectivity index (χ4v) is 10.1. The normalized spacial score (nSPS) is 19.4. The monoisotopic (exact) mass is 598 g/mol. The molecule has 0 aliphatic rings. The van der Waals surface area contributed by atoms with Crippen molar-refractivity contribution < 1.29 is 44.8 Å². The van der Waals surface area contributed by atoms with E-state index in [4.69, 9.17) is 8.85 Å². The molecule has 0 radical (unpaired) electrons. The lowest BCUT2D eigenvalue weighted by Gasteiger charge is -2.40. The molecule has 2 N–H and O–H groups in total. The lowest BCUT2D eigenvalue weighted by molar-refractivity contribution is -0.110. The van der Waals surface area contributed by atoms with Crippen molar-refractivity contribution in [2.45, 2.75) is 153 Å². The fraction of sp³-hybridized carbons (Fsp3) is 1.00. The van der Waals surface area contributed by atoms with Gasteiger partial charge < -0.3 is 18.4 Å². The Morgan fingerprint density at radius 3 is 1.08 bits per heavy atom. The van der Waals surface area contributed by atoms with Crippen LogP contribution < -0.4 is 0 Å². The van der Waals surface area contributed by atoms with Gasteiger partial charge in [0.25, 0.3) is 0 Å². The van der Waals surface area contributed by atoms with Gasteiger partial charge in [-0.25, -0.2) is 26.3 Å². The molecule has 0 fully saturated rings. The molecule has 4 atom stereocenters. The van der Waals surface area contributed by atoms with Crippen LogP contribution in [0.2, 0.25) is 12.1 Å². The molecule has 4 unspecified atom stereocenters. The quantitative estimate of drug-likeness (QED) is 0.0704. The molecule has 0 aliphatic carbocycles. The summed E-state index contributed by atoms with van der Waals surface area (Å²) in [6.45, 7) is 8.35. The summed E-state index contributed by atoms with van der Waals surface area (Å²) >= 11 is 0. The molecule has 0 aliphatic heterocycles. The van der Waals surface area contributed by atoms with Gasteiger partial charge in [-0.05, 0) is 64.5 Å². The van der Waals surface area contributed by atoms with Gasteiger partial charge in [-0.15, -0.1) is 0 Å². The van der Waals surface area contributed by atoms with Crippen molar-refractivity contribution >= 4 is 17.1 Å². The van der Waals surface area contributed by atoms with E-state index in [-0.39, 0.29) is 51.0 Å². The summed E-state index contributed by atoms with van der Waals surface area (Å²) in [5.74, 6) is 0. The first-order chi connectivity index (χ1) is 17.4. The molecular weight excluding hydrogens is 546 g/mol. The van der Waals surface area contributed by atoms with Gasteiger partial charge in [0.15, 0.2) is 11.3 Å². The van der Waals surface area contributed by atoms with Crippen LogP contribution in [0.1, 0.15) is 119 Å². The van der Waals surface area contributed by atoms with Crippen LogP contribution in [0.25, 0.3) is 0 Å². The van der Waals surface area contributed by atoms with E-state index in [2.05, 4.69) is 0 Å². The number of hydrogen-bond acceptors (Lipinski definition) is 4. The summed E-state index contributed by atoms with van der Waals surface area (Å²) < 4.78 is 103. The average molecular weight is 599 g/mol. The van der Waals surface area contributed by atoms with E-state index in [1.165, 1.54) is 0 Å². The Balaban J connectivity index is 5.46. The molecule has 0 amide bonds. The van der Waals surface area contributed by atoms with Crippen molar-refractivity contribution in [3.05, 3.63) is 0 Å². The maximum Gasteiger partial charge on any atom is 0.415 e. The molecule has 0 spiro atoms. The van der Waals surface area contributed by atoms with Crippen molar-refractivity contribution in [1.29, 1.82) is 0 Å². The highest BCUT2D eigenvalue weighted by atomic mass is 28.4. The molecule has 0 saturated heterocycles. The van der Waals surface area contributed by atoms with Crippen molar-refractivity contribution in [2.24, 2.45) is 0 Å². The average Bonchev–Trinajstić information content (AvgIpc) is 2.84. The molecule has 0 heterocycles. The predicted octanol–water partition coefficient (Wildman–Crippen LogP) is 8.45. The maximum atomic E-state index is 15.4. The molecule has 0 saturated carbocycles. The van der Waals surface area contributed by atoms with E-state index < -0.39 is 52.4 Å². The van der Waals surface area contributed by atoms with Gasteiger partial charge in [0, 0.05) is 13.2 Å². The highest BCUT2D eigenvalue weighted by Gasteiger charge is 2.69. The Hall–Kier alpha value is -0.146. The van der Waals surface area contributed by atoms with Gasteiger partial charge in [0.1, 0.15) is 0 Å². The van der Waals surface area contributed by atoms with Crippen LogP contribution >= 0.6 is 0 Å². The lowest BCUT2D eigenvalue weighted by Crippen LogP contribution is -2.65. The third kappa shape index (κ3) is 9.75. The lowest BCUT2D eigenvalue weighted by atomic mass is 9.95. The van der Waals surface area contributed by atoms with Crippen molar-refractivity contribution in [2.75, 3.05) is 13.2 Å².